The Balaban J connectivity index is 0.830. The Morgan fingerprint density at radius 2 is 1.39 bits per heavy atom. The summed E-state index contributed by atoms with van der Waals surface area (Å²) >= 11 is 1.51. The molecule has 34 heteroatoms. The zero-order valence-electron chi connectivity index (χ0n) is 54.2. The van der Waals surface area contributed by atoms with Gasteiger partial charge in [0.2, 0.25) is 47.3 Å². The number of aromatic nitrogens is 4. The summed E-state index contributed by atoms with van der Waals surface area (Å²) in [7, 11) is -5.23. The molecule has 2 aromatic carbocycles. The van der Waals surface area contributed by atoms with Crippen LogP contribution >= 0.6 is 11.3 Å². The molecular weight excluding hydrogens is 1320 g/mol. The first-order chi connectivity index (χ1) is 46.7. The molecule has 6 aliphatic rings. The van der Waals surface area contributed by atoms with E-state index in [2.05, 4.69) is 45.9 Å². The number of phenolic OH excluding ortho intramolecular Hbond substituents is 1. The van der Waals surface area contributed by atoms with Crippen molar-refractivity contribution in [3.8, 4) is 33.2 Å². The lowest BCUT2D eigenvalue weighted by Gasteiger charge is -2.34. The minimum absolute atomic E-state index is 0.0206. The number of fused-ring (bicyclic) bond motifs is 2. The minimum atomic E-state index is -5.23. The molecule has 7 amide bonds. The van der Waals surface area contributed by atoms with Crippen LogP contribution in [0, 0.1) is 11.8 Å². The summed E-state index contributed by atoms with van der Waals surface area (Å²) in [6.45, 7) is 3.04. The molecule has 2 aromatic heterocycles. The van der Waals surface area contributed by atoms with Gasteiger partial charge in [-0.15, -0.1) is 10.2 Å². The summed E-state index contributed by atoms with van der Waals surface area (Å²) in [6, 6.07) is -0.245. The molecule has 98 heavy (non-hydrogen) atoms. The Hall–Kier alpha value is -7.64. The standard InChI is InChI=1S/C64H87N13O19S2/c1-32-30-77-54(55(32)85)59(89)67-29-40(79)23-44(66-26-34-7-10-37(11-8-34)60-73-74-61(97-60)38-14-12-36(13-15-38)39-27-68-64(69-28-39)75-19-17-43(18-20-75)95-42-5-3-4-6-42)56(86)70-51(33(2)78)62(90)76-31-41(80)24-45(76)57(87)71-52(58(88)72-53(63(77)91)48(83)25-50(65)84)47(82)21-35-9-16-46(81)49(22-35)96-98(92,93)94/h9,12-16,22,27-28,32-34,37,40-45,47-48,51-55,66,78-83,85H,3-8,10-11,17-21,23-26,29-31H2,1-2H3,(H2,65,84)(H,67,89)(H,70,86)(H,71,87)(H,72,88)(H,92,93,94)/t32-,33+,34-,37-,40+,41+,44-,45-,47+,48+,51-,52-,53-,54-,55-/m0/s1. The van der Waals surface area contributed by atoms with Crippen LogP contribution in [0.25, 0.3) is 21.7 Å². The normalized spacial score (nSPS) is 28.8. The van der Waals surface area contributed by atoms with Gasteiger partial charge in [-0.25, -0.2) is 9.97 Å². The van der Waals surface area contributed by atoms with Crippen LogP contribution in [0.1, 0.15) is 114 Å². The SMILES string of the molecule is C[C@@H](O)[C@@H]1NC(=O)[C@@H](NC[C@H]2CC[C@H](c3nnc(-c4ccc(-c5cnc(N6CCC(OC7CCCC7)CC6)nc5)cc4)s3)CC2)C[C@@H](O)CNC(=O)[C@@H]2[C@@H](O)[C@@H](C)CN2C(=O)[C@H]([C@H](O)CC(N)=O)NC(=O)[C@H]([C@H](O)Cc2ccc(O)c(OS(=O)(=O)O)c2)NC(=O)[C@@H]2C[C@@H](O)CN2C1=O. The molecule has 0 spiro atoms. The fraction of sp³-hybridized carbons (Fsp3) is 0.609. The second-order valence-electron chi connectivity index (χ2n) is 26.7. The van der Waals surface area contributed by atoms with Crippen LogP contribution in [-0.4, -0.2) is 244 Å². The van der Waals surface area contributed by atoms with Crippen molar-refractivity contribution in [3.63, 3.8) is 0 Å². The maximum absolute atomic E-state index is 14.7. The van der Waals surface area contributed by atoms with Gasteiger partial charge in [0.25, 0.3) is 0 Å². The maximum atomic E-state index is 14.7. The van der Waals surface area contributed by atoms with Gasteiger partial charge in [0, 0.05) is 80.9 Å². The number of nitrogens with two attached hydrogens (primary N) is 1. The van der Waals surface area contributed by atoms with E-state index in [0.29, 0.717) is 24.9 Å². The van der Waals surface area contributed by atoms with Gasteiger partial charge in [0.1, 0.15) is 40.2 Å². The zero-order chi connectivity index (χ0) is 70.3. The van der Waals surface area contributed by atoms with E-state index in [1.807, 2.05) is 36.7 Å². The van der Waals surface area contributed by atoms with Crippen LogP contribution in [0.15, 0.2) is 54.9 Å². The Kier molecular flexibility index (Phi) is 24.0. The minimum Gasteiger partial charge on any atom is -0.504 e. The van der Waals surface area contributed by atoms with E-state index in [1.54, 1.807) is 0 Å². The second kappa shape index (κ2) is 32.1. The lowest BCUT2D eigenvalue weighted by molar-refractivity contribution is -0.147. The fourth-order valence-corrected chi connectivity index (χ4v) is 15.3. The van der Waals surface area contributed by atoms with Crippen LogP contribution in [0.5, 0.6) is 11.5 Å². The fourth-order valence-electron chi connectivity index (χ4n) is 13.9. The van der Waals surface area contributed by atoms with Crippen molar-refractivity contribution in [2.75, 3.05) is 44.2 Å². The van der Waals surface area contributed by atoms with Gasteiger partial charge in [-0.1, -0.05) is 61.4 Å². The number of hydrogen-bond donors (Lipinski definition) is 14. The number of nitrogens with zero attached hydrogens (tertiary/aromatic N) is 7. The van der Waals surface area contributed by atoms with E-state index in [-0.39, 0.29) is 36.6 Å². The summed E-state index contributed by atoms with van der Waals surface area (Å²) < 4.78 is 43.3. The molecule has 32 nitrogen and oxygen atoms in total. The third-order valence-electron chi connectivity index (χ3n) is 19.3. The van der Waals surface area contributed by atoms with Crippen LogP contribution < -0.4 is 41.4 Å². The zero-order valence-corrected chi connectivity index (χ0v) is 55.9. The molecule has 0 radical (unpaired) electrons. The molecule has 4 aromatic rings. The van der Waals surface area contributed by atoms with E-state index in [1.165, 1.54) is 38.0 Å². The van der Waals surface area contributed by atoms with Crippen LogP contribution in [0.3, 0.4) is 0 Å². The highest BCUT2D eigenvalue weighted by molar-refractivity contribution is 7.81. The highest BCUT2D eigenvalue weighted by Gasteiger charge is 2.50. The molecule has 15 N–H and O–H groups in total. The van der Waals surface area contributed by atoms with E-state index in [4.69, 9.17) is 20.4 Å². The van der Waals surface area contributed by atoms with Gasteiger partial charge in [-0.05, 0) is 100 Å². The highest BCUT2D eigenvalue weighted by Crippen LogP contribution is 2.39. The van der Waals surface area contributed by atoms with Crippen molar-refractivity contribution >= 4 is 69.0 Å². The maximum Gasteiger partial charge on any atom is 0.446 e. The average molecular weight is 1410 g/mol. The topological polar surface area (TPSA) is 481 Å². The van der Waals surface area contributed by atoms with Crippen molar-refractivity contribution < 1.29 is 91.2 Å². The van der Waals surface area contributed by atoms with Crippen molar-refractivity contribution in [3.05, 3.63) is 65.4 Å². The first kappa shape index (κ1) is 73.1. The molecule has 6 fully saturated rings. The summed E-state index contributed by atoms with van der Waals surface area (Å²) in [6.07, 6.45) is 0.653. The van der Waals surface area contributed by atoms with Gasteiger partial charge >= 0.3 is 10.4 Å². The van der Waals surface area contributed by atoms with E-state index in [9.17, 15) is 82.3 Å². The number of aliphatic hydroxyl groups excluding tert-OH is 6. The number of carbonyl (C=O) groups is 7. The van der Waals surface area contributed by atoms with Crippen molar-refractivity contribution in [1.29, 1.82) is 0 Å². The molecule has 4 aliphatic heterocycles. The van der Waals surface area contributed by atoms with E-state index < -0.39 is 181 Å². The molecule has 0 bridgehead atoms. The predicted molar refractivity (Wildman–Crippen MR) is 349 cm³/mol. The second-order valence-corrected chi connectivity index (χ2v) is 28.7. The number of β-amino-alcohol motifs (C(OH)–C–C–N with tert-alkyl or cyclic N) is 1. The van der Waals surface area contributed by atoms with Crippen LogP contribution in [0.2, 0.25) is 0 Å². The molecule has 2 aliphatic carbocycles. The smallest absolute Gasteiger partial charge is 0.446 e. The third kappa shape index (κ3) is 18.2. The number of rotatable bonds is 18. The molecule has 10 rings (SSSR count). The number of hydrogen-bond acceptors (Lipinski definition) is 25. The van der Waals surface area contributed by atoms with Crippen LogP contribution in [-0.2, 0) is 55.1 Å². The number of anilines is 1. The van der Waals surface area contributed by atoms with Gasteiger partial charge in [0.05, 0.1) is 61.3 Å². The molecular formula is C64H87N13O19S2. The number of ether oxygens (including phenoxy) is 1. The summed E-state index contributed by atoms with van der Waals surface area (Å²) in [5, 5.41) is 102. The highest BCUT2D eigenvalue weighted by atomic mass is 32.3. The molecule has 4 saturated heterocycles. The van der Waals surface area contributed by atoms with Crippen molar-refractivity contribution in [1.82, 2.24) is 56.5 Å². The van der Waals surface area contributed by atoms with Gasteiger partial charge in [-0.2, -0.15) is 8.42 Å². The first-order valence-corrected chi connectivity index (χ1v) is 35.4. The number of phenols is 1. The summed E-state index contributed by atoms with van der Waals surface area (Å²) in [5.41, 5.74) is 8.05. The van der Waals surface area contributed by atoms with Crippen molar-refractivity contribution in [2.45, 2.75) is 195 Å². The number of benzene rings is 2. The number of nitrogens with one attached hydrogen (secondary N) is 5. The molecule has 6 heterocycles. The lowest BCUT2D eigenvalue weighted by atomic mass is 9.82. The third-order valence-corrected chi connectivity index (χ3v) is 20.8. The number of piperidine rings is 1. The number of amides is 7. The monoisotopic (exact) mass is 1410 g/mol. The molecule has 13 atom stereocenters. The van der Waals surface area contributed by atoms with Gasteiger partial charge in [-0.3, -0.25) is 38.1 Å². The largest absolute Gasteiger partial charge is 0.504 e. The number of aliphatic hydroxyl groups is 6. The van der Waals surface area contributed by atoms with Crippen molar-refractivity contribution in [2.24, 2.45) is 17.6 Å². The number of primary amides is 1. The van der Waals surface area contributed by atoms with Crippen LogP contribution in [0.4, 0.5) is 5.95 Å². The Bertz CT molecular complexity index is 3590. The molecule has 2 saturated carbocycles. The molecule has 534 valence electrons. The first-order valence-electron chi connectivity index (χ1n) is 33.2. The number of aromatic hydroxyl groups is 1. The van der Waals surface area contributed by atoms with E-state index >= 15 is 0 Å². The Morgan fingerprint density at radius 3 is 2.05 bits per heavy atom. The summed E-state index contributed by atoms with van der Waals surface area (Å²) in [4.78, 5) is 113. The Labute approximate surface area is 569 Å². The lowest BCUT2D eigenvalue weighted by Crippen LogP contribution is -2.64. The molecule has 0 unspecified atom stereocenters. The predicted octanol–water partition coefficient (Wildman–Crippen LogP) is -1.57. The quantitative estimate of drug-likeness (QED) is 0.0501. The summed E-state index contributed by atoms with van der Waals surface area (Å²) in [5.74, 6) is -9.88. The van der Waals surface area contributed by atoms with Gasteiger partial charge < -0.3 is 91.7 Å². The number of carbonyl (C=O) groups excluding carboxylic acids is 7. The Morgan fingerprint density at radius 1 is 0.745 bits per heavy atom. The van der Waals surface area contributed by atoms with Gasteiger partial charge in [0.15, 0.2) is 11.5 Å². The average Bonchev–Trinajstić information content (AvgIpc) is 1.63. The van der Waals surface area contributed by atoms with E-state index in [0.717, 1.165) is 106 Å².